The van der Waals surface area contributed by atoms with E-state index in [0.717, 1.165) is 24.1 Å². The third-order valence-corrected chi connectivity index (χ3v) is 4.13. The van der Waals surface area contributed by atoms with Crippen LogP contribution in [0.3, 0.4) is 0 Å². The Morgan fingerprint density at radius 2 is 1.86 bits per heavy atom. The maximum Gasteiger partial charge on any atom is 0.228 e. The molecule has 0 aromatic heterocycles. The summed E-state index contributed by atoms with van der Waals surface area (Å²) in [4.78, 5) is 24.2. The first-order chi connectivity index (χ1) is 10.5. The molecule has 1 aromatic carbocycles. The van der Waals surface area contributed by atoms with Gasteiger partial charge in [-0.3, -0.25) is 9.59 Å². The number of benzene rings is 1. The second-order valence-electron chi connectivity index (χ2n) is 6.32. The van der Waals surface area contributed by atoms with Gasteiger partial charge in [-0.05, 0) is 30.4 Å². The number of hydrogen-bond donors (Lipinski definition) is 2. The molecule has 2 amide bonds. The van der Waals surface area contributed by atoms with Crippen molar-refractivity contribution in [3.8, 4) is 0 Å². The van der Waals surface area contributed by atoms with Crippen molar-refractivity contribution >= 4 is 17.5 Å². The Hall–Kier alpha value is -1.84. The Balaban J connectivity index is 1.88. The number of para-hydroxylation sites is 1. The monoisotopic (exact) mass is 302 g/mol. The minimum atomic E-state index is -0.179. The van der Waals surface area contributed by atoms with E-state index in [1.165, 1.54) is 0 Å². The highest BCUT2D eigenvalue weighted by Crippen LogP contribution is 2.40. The summed E-state index contributed by atoms with van der Waals surface area (Å²) in [7, 11) is 0. The highest BCUT2D eigenvalue weighted by Gasteiger charge is 2.47. The van der Waals surface area contributed by atoms with E-state index in [0.29, 0.717) is 18.9 Å². The van der Waals surface area contributed by atoms with Crippen LogP contribution in [-0.2, 0) is 9.59 Å². The van der Waals surface area contributed by atoms with Crippen molar-refractivity contribution in [2.24, 2.45) is 11.8 Å². The molecule has 2 unspecified atom stereocenters. The van der Waals surface area contributed by atoms with Crippen molar-refractivity contribution in [2.75, 3.05) is 11.9 Å². The van der Waals surface area contributed by atoms with Gasteiger partial charge in [-0.15, -0.1) is 0 Å². The first kappa shape index (κ1) is 16.5. The number of rotatable bonds is 7. The lowest BCUT2D eigenvalue weighted by Gasteiger charge is -2.13. The molecule has 0 bridgehead atoms. The molecule has 1 aromatic rings. The maximum atomic E-state index is 12.3. The van der Waals surface area contributed by atoms with Gasteiger partial charge in [0.15, 0.2) is 0 Å². The van der Waals surface area contributed by atoms with E-state index < -0.39 is 0 Å². The number of amides is 2. The Kier molecular flexibility index (Phi) is 5.58. The van der Waals surface area contributed by atoms with Gasteiger partial charge in [0, 0.05) is 12.2 Å². The number of carbonyl (C=O) groups is 2. The van der Waals surface area contributed by atoms with E-state index in [2.05, 4.69) is 31.4 Å². The minimum Gasteiger partial charge on any atom is -0.356 e. The zero-order valence-corrected chi connectivity index (χ0v) is 13.7. The Morgan fingerprint density at radius 1 is 1.18 bits per heavy atom. The smallest absolute Gasteiger partial charge is 0.228 e. The van der Waals surface area contributed by atoms with Crippen molar-refractivity contribution in [2.45, 2.75) is 46.0 Å². The highest BCUT2D eigenvalue weighted by molar-refractivity contribution is 5.99. The number of nitrogens with one attached hydrogen (secondary N) is 2. The van der Waals surface area contributed by atoms with Gasteiger partial charge in [-0.2, -0.15) is 0 Å². The van der Waals surface area contributed by atoms with Gasteiger partial charge in [0.25, 0.3) is 0 Å². The molecule has 22 heavy (non-hydrogen) atoms. The van der Waals surface area contributed by atoms with Crippen LogP contribution in [0.15, 0.2) is 24.3 Å². The van der Waals surface area contributed by atoms with Crippen LogP contribution >= 0.6 is 0 Å². The van der Waals surface area contributed by atoms with Gasteiger partial charge in [-0.25, -0.2) is 0 Å². The summed E-state index contributed by atoms with van der Waals surface area (Å²) >= 11 is 0. The molecule has 2 N–H and O–H groups in total. The van der Waals surface area contributed by atoms with Gasteiger partial charge in [-0.1, -0.05) is 45.4 Å². The SMILES string of the molecule is CCCCNC(=O)C1CC1C(=O)Nc1ccccc1C(C)C. The van der Waals surface area contributed by atoms with E-state index in [9.17, 15) is 9.59 Å². The van der Waals surface area contributed by atoms with Gasteiger partial charge in [0.2, 0.25) is 11.8 Å². The lowest BCUT2D eigenvalue weighted by atomic mass is 10.0. The summed E-state index contributed by atoms with van der Waals surface area (Å²) in [6.45, 7) is 7.00. The summed E-state index contributed by atoms with van der Waals surface area (Å²) in [5.74, 6) is 0.00300. The molecule has 1 aliphatic carbocycles. The van der Waals surface area contributed by atoms with Crippen LogP contribution in [0.4, 0.5) is 5.69 Å². The summed E-state index contributed by atoms with van der Waals surface area (Å²) in [5.41, 5.74) is 1.99. The van der Waals surface area contributed by atoms with Crippen molar-refractivity contribution < 1.29 is 9.59 Å². The van der Waals surface area contributed by atoms with Gasteiger partial charge in [0.1, 0.15) is 0 Å². The van der Waals surface area contributed by atoms with Crippen LogP contribution < -0.4 is 10.6 Å². The topological polar surface area (TPSA) is 58.2 Å². The van der Waals surface area contributed by atoms with E-state index in [-0.39, 0.29) is 23.7 Å². The van der Waals surface area contributed by atoms with Gasteiger partial charge >= 0.3 is 0 Å². The molecule has 2 atom stereocenters. The minimum absolute atomic E-state index is 0.0192. The van der Waals surface area contributed by atoms with E-state index >= 15 is 0 Å². The fraction of sp³-hybridized carbons (Fsp3) is 0.556. The summed E-state index contributed by atoms with van der Waals surface area (Å²) in [5, 5.41) is 5.89. The molecule has 1 saturated carbocycles. The second-order valence-corrected chi connectivity index (χ2v) is 6.32. The third-order valence-electron chi connectivity index (χ3n) is 4.13. The Labute approximate surface area is 132 Å². The van der Waals surface area contributed by atoms with Crippen LogP contribution in [0.2, 0.25) is 0 Å². The molecule has 4 nitrogen and oxygen atoms in total. The van der Waals surface area contributed by atoms with E-state index in [1.807, 2.05) is 24.3 Å². The molecule has 0 saturated heterocycles. The lowest BCUT2D eigenvalue weighted by molar-refractivity contribution is -0.125. The molecule has 0 radical (unpaired) electrons. The van der Waals surface area contributed by atoms with Crippen molar-refractivity contribution in [1.29, 1.82) is 0 Å². The zero-order chi connectivity index (χ0) is 16.1. The normalized spacial score (nSPS) is 19.8. The fourth-order valence-corrected chi connectivity index (χ4v) is 2.63. The molecule has 0 heterocycles. The largest absolute Gasteiger partial charge is 0.356 e. The molecule has 4 heteroatoms. The summed E-state index contributed by atoms with van der Waals surface area (Å²) in [6, 6.07) is 7.85. The molecule has 1 aliphatic rings. The zero-order valence-electron chi connectivity index (χ0n) is 13.7. The molecular weight excluding hydrogens is 276 g/mol. The second kappa shape index (κ2) is 7.43. The van der Waals surface area contributed by atoms with E-state index in [1.54, 1.807) is 0 Å². The van der Waals surface area contributed by atoms with E-state index in [4.69, 9.17) is 0 Å². The van der Waals surface area contributed by atoms with Crippen molar-refractivity contribution in [1.82, 2.24) is 5.32 Å². The third kappa shape index (κ3) is 4.09. The number of unbranched alkanes of at least 4 members (excludes halogenated alkanes) is 1. The predicted molar refractivity (Wildman–Crippen MR) is 88.7 cm³/mol. The molecule has 0 aliphatic heterocycles. The van der Waals surface area contributed by atoms with Crippen molar-refractivity contribution in [3.63, 3.8) is 0 Å². The highest BCUT2D eigenvalue weighted by atomic mass is 16.2. The first-order valence-corrected chi connectivity index (χ1v) is 8.22. The number of hydrogen-bond acceptors (Lipinski definition) is 2. The van der Waals surface area contributed by atoms with Crippen LogP contribution in [0.25, 0.3) is 0 Å². The van der Waals surface area contributed by atoms with Crippen LogP contribution in [-0.4, -0.2) is 18.4 Å². The lowest BCUT2D eigenvalue weighted by Crippen LogP contribution is -2.28. The first-order valence-electron chi connectivity index (χ1n) is 8.22. The standard InChI is InChI=1S/C18H26N2O2/c1-4-5-10-19-17(21)14-11-15(14)18(22)20-16-9-7-6-8-13(16)12(2)3/h6-9,12,14-15H,4-5,10-11H2,1-3H3,(H,19,21)(H,20,22). The molecular formula is C18H26N2O2. The molecule has 0 spiro atoms. The molecule has 120 valence electrons. The fourth-order valence-electron chi connectivity index (χ4n) is 2.63. The molecule has 2 rings (SSSR count). The molecule has 1 fully saturated rings. The number of anilines is 1. The summed E-state index contributed by atoms with van der Waals surface area (Å²) in [6.07, 6.45) is 2.70. The maximum absolute atomic E-state index is 12.3. The average molecular weight is 302 g/mol. The quantitative estimate of drug-likeness (QED) is 0.759. The number of carbonyl (C=O) groups excluding carboxylic acids is 2. The summed E-state index contributed by atoms with van der Waals surface area (Å²) < 4.78 is 0. The van der Waals surface area contributed by atoms with Crippen LogP contribution in [0.5, 0.6) is 0 Å². The predicted octanol–water partition coefficient (Wildman–Crippen LogP) is 3.30. The van der Waals surface area contributed by atoms with Crippen LogP contribution in [0.1, 0.15) is 51.5 Å². The van der Waals surface area contributed by atoms with Crippen LogP contribution in [0, 0.1) is 11.8 Å². The van der Waals surface area contributed by atoms with Crippen molar-refractivity contribution in [3.05, 3.63) is 29.8 Å². The Bertz CT molecular complexity index is 540. The van der Waals surface area contributed by atoms with Gasteiger partial charge < -0.3 is 10.6 Å². The Morgan fingerprint density at radius 3 is 2.55 bits per heavy atom. The van der Waals surface area contributed by atoms with Gasteiger partial charge in [0.05, 0.1) is 11.8 Å². The average Bonchev–Trinajstić information content (AvgIpc) is 3.28.